The molecule has 0 aliphatic heterocycles. The van der Waals surface area contributed by atoms with Gasteiger partial charge < -0.3 is 9.84 Å². The number of carbonyl (C=O) groups is 1. The molecule has 0 heterocycles. The van der Waals surface area contributed by atoms with Crippen molar-refractivity contribution in [3.8, 4) is 5.75 Å². The molecule has 2 saturated carbocycles. The number of rotatable bonds is 2. The molecule has 2 radical (unpaired) electrons. The molecule has 0 spiro atoms. The molecule has 3 aliphatic rings. The van der Waals surface area contributed by atoms with Crippen LogP contribution in [0, 0.1) is 17.3 Å². The third kappa shape index (κ3) is 3.58. The van der Waals surface area contributed by atoms with E-state index in [0.29, 0.717) is 29.1 Å². The predicted molar refractivity (Wildman–Crippen MR) is 117 cm³/mol. The minimum atomic E-state index is -0.303. The van der Waals surface area contributed by atoms with Crippen LogP contribution in [0.4, 0.5) is 0 Å². The van der Waals surface area contributed by atoms with E-state index in [2.05, 4.69) is 19.1 Å². The van der Waals surface area contributed by atoms with Gasteiger partial charge in [0.05, 0.1) is 11.7 Å². The number of hydrogen-bond donors (Lipinski definition) is 1. The van der Waals surface area contributed by atoms with E-state index in [1.807, 2.05) is 24.3 Å². The van der Waals surface area contributed by atoms with Crippen molar-refractivity contribution in [2.75, 3.05) is 0 Å². The molecule has 2 aromatic carbocycles. The van der Waals surface area contributed by atoms with Gasteiger partial charge in [0, 0.05) is 0 Å². The van der Waals surface area contributed by atoms with Gasteiger partial charge in [-0.3, -0.25) is 0 Å². The molecule has 5 rings (SSSR count). The van der Waals surface area contributed by atoms with E-state index in [1.165, 1.54) is 24.0 Å². The average Bonchev–Trinajstić information content (AvgIpc) is 3.03. The van der Waals surface area contributed by atoms with Crippen LogP contribution in [-0.4, -0.2) is 44.5 Å². The summed E-state index contributed by atoms with van der Waals surface area (Å²) in [5.41, 5.74) is 3.47. The second kappa shape index (κ2) is 8.14. The molecule has 0 bridgehead atoms. The fourth-order valence-corrected chi connectivity index (χ4v) is 6.33. The van der Waals surface area contributed by atoms with Crippen LogP contribution in [0.2, 0.25) is 0 Å². The maximum atomic E-state index is 12.4. The zero-order valence-corrected chi connectivity index (χ0v) is 22.6. The van der Waals surface area contributed by atoms with E-state index in [9.17, 15) is 9.90 Å². The molecule has 29 heavy (non-hydrogen) atoms. The normalized spacial score (nSPS) is 32.3. The Morgan fingerprint density at radius 1 is 1.07 bits per heavy atom. The standard InChI is InChI=1S/C25H28O3.Pb.2H/c1-25-14-13-20-19-10-8-18(28-24(27)16-5-3-2-4-6-16)15-17(19)7-9-21(20)22(25)11-12-23(25)26;;;/h2-6,8,10,15,20-23,26H,7,9,11-14H2,1H3;;;/t20-,21-,22+,23-,25+;;;/m1.../s1. The van der Waals surface area contributed by atoms with Crippen molar-refractivity contribution in [2.24, 2.45) is 17.3 Å². The van der Waals surface area contributed by atoms with Gasteiger partial charge in [-0.05, 0) is 97.1 Å². The Hall–Kier alpha value is -1.21. The quantitative estimate of drug-likeness (QED) is 0.327. The molecule has 3 aliphatic carbocycles. The Bertz CT molecular complexity index is 896. The molecule has 0 aromatic heterocycles. The molecule has 0 amide bonds. The topological polar surface area (TPSA) is 46.5 Å². The van der Waals surface area contributed by atoms with Gasteiger partial charge in [0.25, 0.3) is 0 Å². The minimum absolute atomic E-state index is 0. The molecule has 1 N–H and O–H groups in total. The van der Waals surface area contributed by atoms with Gasteiger partial charge in [-0.2, -0.15) is 0 Å². The molecule has 0 unspecified atom stereocenters. The van der Waals surface area contributed by atoms with E-state index in [1.54, 1.807) is 12.1 Å². The molecule has 152 valence electrons. The molecule has 3 nitrogen and oxygen atoms in total. The third-order valence-corrected chi connectivity index (χ3v) is 7.87. The number of aliphatic hydroxyl groups excluding tert-OH is 1. The van der Waals surface area contributed by atoms with Crippen LogP contribution in [-0.2, 0) is 6.42 Å². The van der Waals surface area contributed by atoms with E-state index in [-0.39, 0.29) is 44.8 Å². The van der Waals surface area contributed by atoms with Crippen LogP contribution in [0.3, 0.4) is 0 Å². The molecule has 2 aromatic rings. The summed E-state index contributed by atoms with van der Waals surface area (Å²) in [6.07, 6.45) is 6.50. The van der Waals surface area contributed by atoms with Crippen LogP contribution in [0.15, 0.2) is 48.5 Å². The summed E-state index contributed by atoms with van der Waals surface area (Å²) in [6.45, 7) is 2.31. The first-order valence-electron chi connectivity index (χ1n) is 10.6. The van der Waals surface area contributed by atoms with E-state index in [0.717, 1.165) is 25.7 Å². The average molecular weight is 586 g/mol. The summed E-state index contributed by atoms with van der Waals surface area (Å²) in [5, 5.41) is 10.5. The second-order valence-electron chi connectivity index (χ2n) is 9.17. The van der Waals surface area contributed by atoms with Crippen LogP contribution in [0.25, 0.3) is 0 Å². The molecule has 4 heteroatoms. The zero-order chi connectivity index (χ0) is 19.3. The number of hydrogen-bond acceptors (Lipinski definition) is 3. The van der Waals surface area contributed by atoms with Gasteiger partial charge in [0.15, 0.2) is 0 Å². The molecule has 0 saturated heterocycles. The summed E-state index contributed by atoms with van der Waals surface area (Å²) < 4.78 is 5.63. The van der Waals surface area contributed by atoms with Crippen LogP contribution in [0.5, 0.6) is 5.75 Å². The SMILES string of the molecule is C[C@]12CC[C@@H]3c4ccc(OC(=O)c5ccccc5)cc4CC[C@H]3[C@@H]1CC[C@H]2O.[PbH2]. The maximum absolute atomic E-state index is 12.4. The molecular formula is C25H30O3Pb. The molecular weight excluding hydrogens is 555 g/mol. The van der Waals surface area contributed by atoms with Gasteiger partial charge in [-0.25, -0.2) is 4.79 Å². The second-order valence-corrected chi connectivity index (χ2v) is 9.17. The summed E-state index contributed by atoms with van der Waals surface area (Å²) in [6, 6.07) is 15.4. The fraction of sp³-hybridized carbons (Fsp3) is 0.480. The number of aryl methyl sites for hydroxylation is 1. The Labute approximate surface area is 193 Å². The van der Waals surface area contributed by atoms with Crippen LogP contribution < -0.4 is 4.74 Å². The van der Waals surface area contributed by atoms with Crippen molar-refractivity contribution in [3.63, 3.8) is 0 Å². The van der Waals surface area contributed by atoms with E-state index >= 15 is 0 Å². The van der Waals surface area contributed by atoms with Crippen LogP contribution >= 0.6 is 0 Å². The molecule has 2 fully saturated rings. The Morgan fingerprint density at radius 3 is 2.66 bits per heavy atom. The first-order valence-corrected chi connectivity index (χ1v) is 10.6. The van der Waals surface area contributed by atoms with Crippen molar-refractivity contribution >= 4 is 33.3 Å². The van der Waals surface area contributed by atoms with Crippen molar-refractivity contribution in [3.05, 3.63) is 65.2 Å². The van der Waals surface area contributed by atoms with Gasteiger partial charge in [-0.1, -0.05) is 31.2 Å². The van der Waals surface area contributed by atoms with Crippen molar-refractivity contribution in [1.82, 2.24) is 0 Å². The Kier molecular flexibility index (Phi) is 5.91. The number of aliphatic hydroxyl groups is 1. The first kappa shape index (κ1) is 21.0. The van der Waals surface area contributed by atoms with Crippen molar-refractivity contribution < 1.29 is 14.6 Å². The Morgan fingerprint density at radius 2 is 1.86 bits per heavy atom. The zero-order valence-electron chi connectivity index (χ0n) is 17.1. The fourth-order valence-electron chi connectivity index (χ4n) is 6.33. The van der Waals surface area contributed by atoms with Gasteiger partial charge >= 0.3 is 33.3 Å². The number of ether oxygens (including phenoxy) is 1. The number of carbonyl (C=O) groups excluding carboxylic acids is 1. The first-order chi connectivity index (χ1) is 13.6. The predicted octanol–water partition coefficient (Wildman–Crippen LogP) is 4.21. The summed E-state index contributed by atoms with van der Waals surface area (Å²) in [5.74, 6) is 2.25. The van der Waals surface area contributed by atoms with Gasteiger partial charge in [0.1, 0.15) is 5.75 Å². The number of benzene rings is 2. The Balaban J connectivity index is 0.00000205. The number of esters is 1. The third-order valence-electron chi connectivity index (χ3n) is 7.87. The van der Waals surface area contributed by atoms with Crippen molar-refractivity contribution in [1.29, 1.82) is 0 Å². The van der Waals surface area contributed by atoms with E-state index < -0.39 is 0 Å². The summed E-state index contributed by atoms with van der Waals surface area (Å²) >= 11 is 0. The van der Waals surface area contributed by atoms with Crippen LogP contribution in [0.1, 0.15) is 66.4 Å². The monoisotopic (exact) mass is 586 g/mol. The van der Waals surface area contributed by atoms with Crippen molar-refractivity contribution in [2.45, 2.75) is 57.5 Å². The van der Waals surface area contributed by atoms with E-state index in [4.69, 9.17) is 4.74 Å². The summed E-state index contributed by atoms with van der Waals surface area (Å²) in [4.78, 5) is 12.4. The number of fused-ring (bicyclic) bond motifs is 5. The molecule has 5 atom stereocenters. The van der Waals surface area contributed by atoms with Gasteiger partial charge in [0.2, 0.25) is 0 Å². The summed E-state index contributed by atoms with van der Waals surface area (Å²) in [7, 11) is 0. The van der Waals surface area contributed by atoms with Gasteiger partial charge in [-0.15, -0.1) is 0 Å².